The molecule has 0 aliphatic heterocycles. The summed E-state index contributed by atoms with van der Waals surface area (Å²) in [5.74, 6) is 0. The van der Waals surface area contributed by atoms with Gasteiger partial charge >= 0.3 is 0 Å². The summed E-state index contributed by atoms with van der Waals surface area (Å²) in [4.78, 5) is 0. The molecule has 0 aromatic heterocycles. The van der Waals surface area contributed by atoms with E-state index in [0.717, 1.165) is 11.3 Å². The first-order valence-electron chi connectivity index (χ1n) is 2.97. The first kappa shape index (κ1) is 8.69. The predicted octanol–water partition coefficient (Wildman–Crippen LogP) is 1.84. The molecule has 1 rings (SSSR count). The molecule has 0 aliphatic rings. The van der Waals surface area contributed by atoms with Gasteiger partial charge in [-0.25, -0.2) is 0 Å². The Labute approximate surface area is 61.2 Å². The molecule has 1 aromatic carbocycles. The third kappa shape index (κ3) is 2.31. The molecule has 10 heavy (non-hydrogen) atoms. The topological polar surface area (TPSA) is 49.9 Å². The van der Waals surface area contributed by atoms with Crippen LogP contribution in [0, 0.1) is 12.3 Å². The molecule has 0 spiro atoms. The maximum atomic E-state index is 5.52. The number of rotatable bonds is 0. The summed E-state index contributed by atoms with van der Waals surface area (Å²) in [5.41, 5.74) is 7.53. The van der Waals surface area contributed by atoms with Gasteiger partial charge in [0.05, 0.1) is 0 Å². The van der Waals surface area contributed by atoms with E-state index < -0.39 is 0 Å². The van der Waals surface area contributed by atoms with Gasteiger partial charge in [0.15, 0.2) is 0 Å². The Morgan fingerprint density at radius 1 is 1.30 bits per heavy atom. The molecule has 0 unspecified atom stereocenters. The van der Waals surface area contributed by atoms with Gasteiger partial charge in [0, 0.05) is 5.69 Å². The minimum atomic E-state index is 0.868. The lowest BCUT2D eigenvalue weighted by atomic mass is 10.2. The van der Waals surface area contributed by atoms with Crippen LogP contribution in [0.2, 0.25) is 0 Å². The molecule has 54 valence electrons. The summed E-state index contributed by atoms with van der Waals surface area (Å²) in [5, 5.41) is 5.50. The summed E-state index contributed by atoms with van der Waals surface area (Å²) >= 11 is 0. The first-order chi connectivity index (χ1) is 4.80. The Balaban J connectivity index is 0.000000371. The van der Waals surface area contributed by atoms with Gasteiger partial charge in [0.25, 0.3) is 0 Å². The van der Waals surface area contributed by atoms with E-state index in [-0.39, 0.29) is 0 Å². The van der Waals surface area contributed by atoms with Crippen LogP contribution in [0.15, 0.2) is 24.3 Å². The molecule has 2 heteroatoms. The van der Waals surface area contributed by atoms with Crippen LogP contribution in [0.25, 0.3) is 0 Å². The third-order valence-electron chi connectivity index (χ3n) is 1.19. The molecule has 0 radical (unpaired) electrons. The number of nitrogen functional groups attached to an aromatic ring is 1. The molecule has 0 heterocycles. The Hall–Kier alpha value is -1.31. The van der Waals surface area contributed by atoms with Gasteiger partial charge in [0.1, 0.15) is 0 Å². The quantitative estimate of drug-likeness (QED) is 0.415. The standard InChI is InChI=1S/C7H9N.CH3N/c1-6-4-2-3-5-7(6)8;1-2/h2-5H,8H2,1H3;2H,1H2. The van der Waals surface area contributed by atoms with Crippen LogP contribution < -0.4 is 5.73 Å². The molecule has 0 fully saturated rings. The van der Waals surface area contributed by atoms with Crippen LogP contribution in [0.3, 0.4) is 0 Å². The Bertz CT molecular complexity index is 175. The van der Waals surface area contributed by atoms with Crippen molar-refractivity contribution in [3.63, 3.8) is 0 Å². The lowest BCUT2D eigenvalue weighted by Gasteiger charge is -1.93. The monoisotopic (exact) mass is 136 g/mol. The van der Waals surface area contributed by atoms with E-state index in [1.807, 2.05) is 31.2 Å². The molecule has 0 aliphatic carbocycles. The van der Waals surface area contributed by atoms with Crippen molar-refractivity contribution in [2.75, 3.05) is 5.73 Å². The fourth-order valence-electron chi connectivity index (χ4n) is 0.587. The maximum Gasteiger partial charge on any atom is 0.0343 e. The van der Waals surface area contributed by atoms with Crippen LogP contribution in [0.5, 0.6) is 0 Å². The van der Waals surface area contributed by atoms with E-state index in [1.54, 1.807) is 0 Å². The molecule has 0 atom stereocenters. The highest BCUT2D eigenvalue weighted by atomic mass is 14.5. The van der Waals surface area contributed by atoms with Gasteiger partial charge in [-0.1, -0.05) is 18.2 Å². The molecule has 2 nitrogen and oxygen atoms in total. The molecule has 0 saturated heterocycles. The van der Waals surface area contributed by atoms with Crippen molar-refractivity contribution in [1.29, 1.82) is 5.41 Å². The van der Waals surface area contributed by atoms with E-state index in [2.05, 4.69) is 6.72 Å². The summed E-state index contributed by atoms with van der Waals surface area (Å²) in [6.07, 6.45) is 0. The first-order valence-corrected chi connectivity index (χ1v) is 2.97. The summed E-state index contributed by atoms with van der Waals surface area (Å²) < 4.78 is 0. The Kier molecular flexibility index (Phi) is 3.96. The molecule has 3 N–H and O–H groups in total. The van der Waals surface area contributed by atoms with Gasteiger partial charge in [0.2, 0.25) is 0 Å². The molecule has 0 saturated carbocycles. The highest BCUT2D eigenvalue weighted by molar-refractivity contribution is 5.44. The highest BCUT2D eigenvalue weighted by Gasteiger charge is 1.84. The summed E-state index contributed by atoms with van der Waals surface area (Å²) in [6.45, 7) is 4.50. The van der Waals surface area contributed by atoms with Gasteiger partial charge in [-0.2, -0.15) is 0 Å². The largest absolute Gasteiger partial charge is 0.399 e. The average molecular weight is 136 g/mol. The van der Waals surface area contributed by atoms with Crippen LogP contribution in [-0.2, 0) is 0 Å². The number of benzene rings is 1. The number of aryl methyl sites for hydroxylation is 1. The normalized spacial score (nSPS) is 7.70. The second-order valence-electron chi connectivity index (χ2n) is 1.86. The smallest absolute Gasteiger partial charge is 0.0343 e. The zero-order valence-corrected chi connectivity index (χ0v) is 6.09. The Morgan fingerprint density at radius 2 is 1.80 bits per heavy atom. The van der Waals surface area contributed by atoms with E-state index in [0.29, 0.717) is 0 Å². The number of hydrogen-bond donors (Lipinski definition) is 2. The number of para-hydroxylation sites is 1. The molecule has 0 amide bonds. The minimum absolute atomic E-state index is 0.868. The molecule has 1 aromatic rings. The van der Waals surface area contributed by atoms with Gasteiger partial charge in [-0.15, -0.1) is 0 Å². The molecular weight excluding hydrogens is 124 g/mol. The van der Waals surface area contributed by atoms with E-state index in [4.69, 9.17) is 11.1 Å². The SMILES string of the molecule is C=N.Cc1ccccc1N. The molecule has 0 bridgehead atoms. The zero-order valence-electron chi connectivity index (χ0n) is 6.09. The Morgan fingerprint density at radius 3 is 2.10 bits per heavy atom. The van der Waals surface area contributed by atoms with Crippen molar-refractivity contribution in [3.8, 4) is 0 Å². The zero-order chi connectivity index (χ0) is 7.98. The maximum absolute atomic E-state index is 5.52. The second kappa shape index (κ2) is 4.56. The summed E-state index contributed by atoms with van der Waals surface area (Å²) in [7, 11) is 0. The van der Waals surface area contributed by atoms with Crippen molar-refractivity contribution >= 4 is 12.4 Å². The van der Waals surface area contributed by atoms with E-state index >= 15 is 0 Å². The second-order valence-corrected chi connectivity index (χ2v) is 1.86. The van der Waals surface area contributed by atoms with Crippen LogP contribution in [-0.4, -0.2) is 6.72 Å². The van der Waals surface area contributed by atoms with Crippen LogP contribution in [0.4, 0.5) is 5.69 Å². The lowest BCUT2D eigenvalue weighted by Crippen LogP contribution is -1.85. The van der Waals surface area contributed by atoms with Crippen LogP contribution >= 0.6 is 0 Å². The van der Waals surface area contributed by atoms with Gasteiger partial charge < -0.3 is 11.1 Å². The van der Waals surface area contributed by atoms with Crippen molar-refractivity contribution in [2.24, 2.45) is 0 Å². The van der Waals surface area contributed by atoms with Crippen LogP contribution in [0.1, 0.15) is 5.56 Å². The number of nitrogens with two attached hydrogens (primary N) is 1. The van der Waals surface area contributed by atoms with E-state index in [1.165, 1.54) is 0 Å². The predicted molar refractivity (Wildman–Crippen MR) is 45.4 cm³/mol. The number of hydrogen-bond acceptors (Lipinski definition) is 2. The molecular formula is C8H12N2. The van der Waals surface area contributed by atoms with E-state index in [9.17, 15) is 0 Å². The lowest BCUT2D eigenvalue weighted by molar-refractivity contribution is 1.47. The highest BCUT2D eigenvalue weighted by Crippen LogP contribution is 2.06. The van der Waals surface area contributed by atoms with Crippen molar-refractivity contribution in [1.82, 2.24) is 0 Å². The number of nitrogens with one attached hydrogen (secondary N) is 1. The third-order valence-corrected chi connectivity index (χ3v) is 1.19. The average Bonchev–Trinajstić information content (AvgIpc) is 2.00. The minimum Gasteiger partial charge on any atom is -0.399 e. The fourth-order valence-corrected chi connectivity index (χ4v) is 0.587. The van der Waals surface area contributed by atoms with Gasteiger partial charge in [-0.3, -0.25) is 0 Å². The summed E-state index contributed by atoms with van der Waals surface area (Å²) in [6, 6.07) is 7.80. The fraction of sp³-hybridized carbons (Fsp3) is 0.125. The number of anilines is 1. The van der Waals surface area contributed by atoms with Crippen molar-refractivity contribution in [2.45, 2.75) is 6.92 Å². The van der Waals surface area contributed by atoms with Crippen molar-refractivity contribution < 1.29 is 0 Å². The van der Waals surface area contributed by atoms with Gasteiger partial charge in [-0.05, 0) is 25.3 Å². The van der Waals surface area contributed by atoms with Crippen molar-refractivity contribution in [3.05, 3.63) is 29.8 Å².